The van der Waals surface area contributed by atoms with E-state index in [0.717, 1.165) is 26.3 Å². The highest BCUT2D eigenvalue weighted by atomic mass is 128. The summed E-state index contributed by atoms with van der Waals surface area (Å²) in [6.07, 6.45) is 0. The predicted molar refractivity (Wildman–Crippen MR) is 61.4 cm³/mol. The second-order valence-electron chi connectivity index (χ2n) is 2.15. The summed E-state index contributed by atoms with van der Waals surface area (Å²) in [6, 6.07) is 0. The van der Waals surface area contributed by atoms with Crippen molar-refractivity contribution in [2.75, 3.05) is 32.8 Å². The Morgan fingerprint density at radius 2 is 2.20 bits per heavy atom. The molecule has 1 rings (SSSR count). The molecule has 0 aromatic carbocycles. The summed E-state index contributed by atoms with van der Waals surface area (Å²) in [5.74, 6) is 0. The lowest BCUT2D eigenvalue weighted by Gasteiger charge is -2.24. The van der Waals surface area contributed by atoms with Crippen LogP contribution in [0.4, 0.5) is 0 Å². The maximum Gasteiger partial charge on any atom is 0.0594 e. The maximum absolute atomic E-state index is 5.23. The molecule has 0 spiro atoms. The van der Waals surface area contributed by atoms with Crippen LogP contribution in [0.2, 0.25) is 0 Å². The molecule has 0 amide bonds. The topological polar surface area (TPSA) is 12.5 Å². The lowest BCUT2D eigenvalue weighted by Crippen LogP contribution is -2.37. The first kappa shape index (κ1) is 9.34. The third-order valence-corrected chi connectivity index (χ3v) is 4.45. The Bertz CT molecular complexity index is 112. The smallest absolute Gasteiger partial charge is 0.0594 e. The van der Waals surface area contributed by atoms with Crippen LogP contribution in [-0.2, 0) is 4.74 Å². The molecule has 0 N–H and O–H groups in total. The number of hydrogen-bond acceptors (Lipinski definition) is 2. The molecule has 1 saturated heterocycles. The molecule has 4 heteroatoms. The van der Waals surface area contributed by atoms with Gasteiger partial charge in [0.15, 0.2) is 0 Å². The minimum atomic E-state index is 0.343. The van der Waals surface area contributed by atoms with Crippen molar-refractivity contribution >= 4 is 39.4 Å². The Morgan fingerprint density at radius 1 is 1.50 bits per heavy atom. The van der Waals surface area contributed by atoms with Gasteiger partial charge in [0.2, 0.25) is 0 Å². The van der Waals surface area contributed by atoms with Crippen molar-refractivity contribution in [3.05, 3.63) is 0 Å². The molecule has 0 aromatic heterocycles. The second-order valence-corrected chi connectivity index (χ2v) is 6.66. The monoisotopic (exact) mass is 367 g/mol. The van der Waals surface area contributed by atoms with E-state index in [0.29, 0.717) is 16.8 Å². The van der Waals surface area contributed by atoms with Crippen LogP contribution in [0.15, 0.2) is 0 Å². The van der Waals surface area contributed by atoms with Crippen molar-refractivity contribution in [1.82, 2.24) is 4.90 Å². The molecule has 1 aliphatic rings. The summed E-state index contributed by atoms with van der Waals surface area (Å²) in [4.78, 5) is 2.45. The van der Waals surface area contributed by atoms with E-state index in [-0.39, 0.29) is 0 Å². The van der Waals surface area contributed by atoms with Gasteiger partial charge in [-0.05, 0) is 39.4 Å². The summed E-state index contributed by atoms with van der Waals surface area (Å²) < 4.78 is 7.64. The molecule has 0 atom stereocenters. The Kier molecular flexibility index (Phi) is 5.46. The van der Waals surface area contributed by atoms with E-state index in [1.54, 1.807) is 0 Å². The van der Waals surface area contributed by atoms with Crippen LogP contribution >= 0.6 is 35.4 Å². The van der Waals surface area contributed by atoms with E-state index >= 15 is 0 Å². The molecule has 0 aromatic rings. The Labute approximate surface area is 81.2 Å². The predicted octanol–water partition coefficient (Wildman–Crippen LogP) is 1.44. The highest BCUT2D eigenvalue weighted by molar-refractivity contribution is 15.0. The van der Waals surface area contributed by atoms with Gasteiger partial charge in [-0.2, -0.15) is 0 Å². The van der Waals surface area contributed by atoms with Crippen molar-refractivity contribution in [2.45, 2.75) is 0 Å². The standard InChI is InChI=1S/C6H11I2NO/c7-8-1-2-9-3-5-10-6-4-9/h1H,2-6H2. The summed E-state index contributed by atoms with van der Waals surface area (Å²) in [5, 5.41) is 0. The van der Waals surface area contributed by atoms with E-state index in [1.165, 1.54) is 6.54 Å². The van der Waals surface area contributed by atoms with Gasteiger partial charge in [0.25, 0.3) is 0 Å². The molecule has 2 nitrogen and oxygen atoms in total. The number of nitrogens with zero attached hydrogens (tertiary/aromatic N) is 1. The van der Waals surface area contributed by atoms with Gasteiger partial charge in [0.1, 0.15) is 0 Å². The summed E-state index contributed by atoms with van der Waals surface area (Å²) >= 11 is 2.82. The van der Waals surface area contributed by atoms with Crippen LogP contribution in [0.1, 0.15) is 0 Å². The van der Waals surface area contributed by atoms with Crippen LogP contribution in [0.25, 0.3) is 0 Å². The first-order valence-corrected chi connectivity index (χ1v) is 10.8. The Balaban J connectivity index is 2.13. The normalized spacial score (nSPS) is 22.9. The van der Waals surface area contributed by atoms with Gasteiger partial charge in [-0.3, -0.25) is 4.90 Å². The van der Waals surface area contributed by atoms with Crippen LogP contribution < -0.4 is 0 Å². The fourth-order valence-corrected chi connectivity index (χ4v) is 2.61. The number of rotatable bonds is 2. The summed E-state index contributed by atoms with van der Waals surface area (Å²) in [5.41, 5.74) is 0. The van der Waals surface area contributed by atoms with Gasteiger partial charge in [-0.15, -0.1) is 0 Å². The maximum atomic E-state index is 5.23. The van der Waals surface area contributed by atoms with Gasteiger partial charge in [-0.25, -0.2) is 0 Å². The molecule has 0 radical (unpaired) electrons. The number of ether oxygens (including phenoxy) is 1. The zero-order chi connectivity index (χ0) is 7.23. The molecule has 0 unspecified atom stereocenters. The second kappa shape index (κ2) is 5.84. The van der Waals surface area contributed by atoms with Crippen molar-refractivity contribution in [1.29, 1.82) is 0 Å². The quantitative estimate of drug-likeness (QED) is 0.686. The third-order valence-electron chi connectivity index (χ3n) is 1.49. The number of morpholine rings is 1. The van der Waals surface area contributed by atoms with Crippen LogP contribution in [0.3, 0.4) is 0 Å². The zero-order valence-corrected chi connectivity index (χ0v) is 10.0. The van der Waals surface area contributed by atoms with E-state index in [4.69, 9.17) is 4.74 Å². The van der Waals surface area contributed by atoms with E-state index in [1.807, 2.05) is 0 Å². The molecule has 1 heterocycles. The molecule has 1 aliphatic heterocycles. The molecule has 10 heavy (non-hydrogen) atoms. The van der Waals surface area contributed by atoms with Gasteiger partial charge in [-0.1, -0.05) is 0 Å². The molecule has 60 valence electrons. The highest BCUT2D eigenvalue weighted by Crippen LogP contribution is 2.06. The van der Waals surface area contributed by atoms with Crippen molar-refractivity contribution in [2.24, 2.45) is 0 Å². The van der Waals surface area contributed by atoms with Gasteiger partial charge in [0.05, 0.1) is 13.2 Å². The Hall–Kier alpha value is 1.25. The molecular formula is C6H11I2NO. The SMILES string of the molecule is II=CCN1CCOCC1. The van der Waals surface area contributed by atoms with E-state index < -0.39 is 0 Å². The molecule has 0 bridgehead atoms. The van der Waals surface area contributed by atoms with Crippen LogP contribution in [-0.4, -0.2) is 41.8 Å². The average Bonchev–Trinajstić information content (AvgIpc) is 2.03. The third kappa shape index (κ3) is 3.59. The molecule has 0 saturated carbocycles. The summed E-state index contributed by atoms with van der Waals surface area (Å²) in [7, 11) is 0. The van der Waals surface area contributed by atoms with Gasteiger partial charge < -0.3 is 4.74 Å². The summed E-state index contributed by atoms with van der Waals surface area (Å²) in [6.45, 7) is 5.27. The average molecular weight is 367 g/mol. The molecule has 0 aliphatic carbocycles. The van der Waals surface area contributed by atoms with Crippen LogP contribution in [0, 0.1) is 0 Å². The zero-order valence-electron chi connectivity index (χ0n) is 5.72. The van der Waals surface area contributed by atoms with Gasteiger partial charge in [0, 0.05) is 19.6 Å². The fraction of sp³-hybridized carbons (Fsp3) is 0.833. The lowest BCUT2D eigenvalue weighted by atomic mass is 10.4. The highest BCUT2D eigenvalue weighted by Gasteiger charge is 2.07. The fourth-order valence-electron chi connectivity index (χ4n) is 0.907. The van der Waals surface area contributed by atoms with E-state index in [2.05, 4.69) is 27.5 Å². The van der Waals surface area contributed by atoms with Gasteiger partial charge >= 0.3 is 0 Å². The van der Waals surface area contributed by atoms with Crippen LogP contribution in [0.5, 0.6) is 0 Å². The molecular weight excluding hydrogens is 356 g/mol. The minimum absolute atomic E-state index is 0.343. The number of hydrogen-bond donors (Lipinski definition) is 0. The minimum Gasteiger partial charge on any atom is -0.379 e. The lowest BCUT2D eigenvalue weighted by molar-refractivity contribution is 0.0459. The van der Waals surface area contributed by atoms with Crippen molar-refractivity contribution in [3.8, 4) is 0 Å². The van der Waals surface area contributed by atoms with E-state index in [9.17, 15) is 0 Å². The first-order chi connectivity index (χ1) is 4.93. The Morgan fingerprint density at radius 3 is 2.80 bits per heavy atom. The largest absolute Gasteiger partial charge is 0.379 e. The molecule has 1 fully saturated rings. The van der Waals surface area contributed by atoms with Crippen molar-refractivity contribution < 1.29 is 4.74 Å². The van der Waals surface area contributed by atoms with Crippen molar-refractivity contribution in [3.63, 3.8) is 0 Å². The number of halogens is 2. The first-order valence-electron chi connectivity index (χ1n) is 3.30.